The molecule has 4 heteroatoms. The van der Waals surface area contributed by atoms with E-state index in [9.17, 15) is 4.79 Å². The molecule has 3 aromatic rings. The first-order valence-electron chi connectivity index (χ1n) is 6.65. The van der Waals surface area contributed by atoms with Gasteiger partial charge in [-0.25, -0.2) is 0 Å². The van der Waals surface area contributed by atoms with E-state index in [1.165, 1.54) is 0 Å². The molecule has 0 aliphatic heterocycles. The van der Waals surface area contributed by atoms with Crippen LogP contribution in [0.1, 0.15) is 6.92 Å². The maximum atomic E-state index is 12.6. The van der Waals surface area contributed by atoms with Gasteiger partial charge in [0, 0.05) is 10.6 Å². The van der Waals surface area contributed by atoms with Crippen molar-refractivity contribution in [1.82, 2.24) is 0 Å². The monoisotopic (exact) mass is 300 g/mol. The second-order valence-electron chi connectivity index (χ2n) is 4.53. The Labute approximate surface area is 126 Å². The highest BCUT2D eigenvalue weighted by Gasteiger charge is 2.16. The molecule has 0 unspecified atom stereocenters. The van der Waals surface area contributed by atoms with Crippen molar-refractivity contribution in [3.05, 3.63) is 63.8 Å². The maximum absolute atomic E-state index is 12.6. The zero-order chi connectivity index (χ0) is 14.8. The van der Waals surface area contributed by atoms with Crippen LogP contribution in [0.4, 0.5) is 0 Å². The number of ether oxygens (including phenoxy) is 1. The van der Waals surface area contributed by atoms with Gasteiger partial charge in [-0.3, -0.25) is 4.79 Å². The smallest absolute Gasteiger partial charge is 0.235 e. The van der Waals surface area contributed by atoms with E-state index >= 15 is 0 Å². The maximum Gasteiger partial charge on any atom is 0.235 e. The minimum Gasteiger partial charge on any atom is -0.487 e. The van der Waals surface area contributed by atoms with Gasteiger partial charge in [-0.05, 0) is 43.3 Å². The number of halogens is 1. The SMILES string of the molecule is CCOc1c(-c2ccc(Cl)cc2)oc2ccccc2c1=O. The molecule has 0 spiro atoms. The van der Waals surface area contributed by atoms with Gasteiger partial charge >= 0.3 is 0 Å². The summed E-state index contributed by atoms with van der Waals surface area (Å²) in [5.74, 6) is 0.663. The van der Waals surface area contributed by atoms with Gasteiger partial charge in [0.15, 0.2) is 5.76 Å². The first-order chi connectivity index (χ1) is 10.2. The molecule has 0 saturated carbocycles. The third-order valence-electron chi connectivity index (χ3n) is 3.15. The quantitative estimate of drug-likeness (QED) is 0.714. The molecule has 0 N–H and O–H groups in total. The lowest BCUT2D eigenvalue weighted by Gasteiger charge is -2.10. The molecule has 0 aliphatic rings. The zero-order valence-electron chi connectivity index (χ0n) is 11.4. The third-order valence-corrected chi connectivity index (χ3v) is 3.40. The Hall–Kier alpha value is -2.26. The van der Waals surface area contributed by atoms with Crippen molar-refractivity contribution in [2.45, 2.75) is 6.92 Å². The summed E-state index contributed by atoms with van der Waals surface area (Å²) in [6, 6.07) is 14.2. The highest BCUT2D eigenvalue weighted by atomic mass is 35.5. The van der Waals surface area contributed by atoms with Crippen molar-refractivity contribution in [2.24, 2.45) is 0 Å². The first-order valence-corrected chi connectivity index (χ1v) is 7.03. The number of fused-ring (bicyclic) bond motifs is 1. The van der Waals surface area contributed by atoms with Crippen molar-refractivity contribution in [3.63, 3.8) is 0 Å². The topological polar surface area (TPSA) is 39.4 Å². The lowest BCUT2D eigenvalue weighted by atomic mass is 10.1. The van der Waals surface area contributed by atoms with Gasteiger partial charge in [0.2, 0.25) is 11.2 Å². The molecule has 21 heavy (non-hydrogen) atoms. The Balaban J connectivity index is 2.32. The van der Waals surface area contributed by atoms with Crippen LogP contribution in [0.25, 0.3) is 22.3 Å². The summed E-state index contributed by atoms with van der Waals surface area (Å²) in [6.07, 6.45) is 0. The van der Waals surface area contributed by atoms with E-state index < -0.39 is 0 Å². The molecule has 1 aromatic heterocycles. The fourth-order valence-electron chi connectivity index (χ4n) is 2.19. The standard InChI is InChI=1S/C17H13ClO3/c1-2-20-17-15(19)13-5-3-4-6-14(13)21-16(17)11-7-9-12(18)10-8-11/h3-10H,2H2,1H3. The van der Waals surface area contributed by atoms with Crippen LogP contribution in [0.2, 0.25) is 5.02 Å². The van der Waals surface area contributed by atoms with Crippen LogP contribution in [0.15, 0.2) is 57.7 Å². The van der Waals surface area contributed by atoms with Gasteiger partial charge in [0.05, 0.1) is 12.0 Å². The predicted molar refractivity (Wildman–Crippen MR) is 84.1 cm³/mol. The lowest BCUT2D eigenvalue weighted by Crippen LogP contribution is -2.09. The summed E-state index contributed by atoms with van der Waals surface area (Å²) in [6.45, 7) is 2.23. The van der Waals surface area contributed by atoms with Crippen molar-refractivity contribution >= 4 is 22.6 Å². The Morgan fingerprint density at radius 3 is 2.52 bits per heavy atom. The molecule has 3 rings (SSSR count). The van der Waals surface area contributed by atoms with Crippen molar-refractivity contribution < 1.29 is 9.15 Å². The summed E-state index contributed by atoms with van der Waals surface area (Å²) in [4.78, 5) is 12.6. The Morgan fingerprint density at radius 1 is 1.10 bits per heavy atom. The average Bonchev–Trinajstić information content (AvgIpc) is 2.51. The van der Waals surface area contributed by atoms with Crippen LogP contribution in [-0.4, -0.2) is 6.61 Å². The van der Waals surface area contributed by atoms with Crippen molar-refractivity contribution in [2.75, 3.05) is 6.61 Å². The van der Waals surface area contributed by atoms with Gasteiger partial charge in [-0.15, -0.1) is 0 Å². The normalized spacial score (nSPS) is 10.8. The van der Waals surface area contributed by atoms with Crippen molar-refractivity contribution in [1.29, 1.82) is 0 Å². The molecule has 3 nitrogen and oxygen atoms in total. The van der Waals surface area contributed by atoms with Gasteiger partial charge in [0.25, 0.3) is 0 Å². The third kappa shape index (κ3) is 2.52. The lowest BCUT2D eigenvalue weighted by molar-refractivity contribution is 0.330. The number of benzene rings is 2. The summed E-state index contributed by atoms with van der Waals surface area (Å²) >= 11 is 5.90. The Bertz CT molecular complexity index is 835. The summed E-state index contributed by atoms with van der Waals surface area (Å²) < 4.78 is 11.4. The summed E-state index contributed by atoms with van der Waals surface area (Å²) in [7, 11) is 0. The van der Waals surface area contributed by atoms with E-state index in [4.69, 9.17) is 20.8 Å². The molecule has 0 fully saturated rings. The largest absolute Gasteiger partial charge is 0.487 e. The molecule has 0 aliphatic carbocycles. The second-order valence-corrected chi connectivity index (χ2v) is 4.96. The molecule has 0 radical (unpaired) electrons. The number of hydrogen-bond donors (Lipinski definition) is 0. The molecule has 0 saturated heterocycles. The zero-order valence-corrected chi connectivity index (χ0v) is 12.2. The average molecular weight is 301 g/mol. The van der Waals surface area contributed by atoms with E-state index in [0.717, 1.165) is 5.56 Å². The molecule has 1 heterocycles. The molecule has 0 bridgehead atoms. The van der Waals surface area contributed by atoms with Crippen LogP contribution < -0.4 is 10.2 Å². The van der Waals surface area contributed by atoms with E-state index in [0.29, 0.717) is 28.4 Å². The minimum absolute atomic E-state index is 0.163. The van der Waals surface area contributed by atoms with E-state index in [2.05, 4.69) is 0 Å². The minimum atomic E-state index is -0.163. The highest BCUT2D eigenvalue weighted by molar-refractivity contribution is 6.30. The van der Waals surface area contributed by atoms with E-state index in [1.807, 2.05) is 13.0 Å². The molecule has 106 valence electrons. The van der Waals surface area contributed by atoms with Gasteiger partial charge in [-0.1, -0.05) is 23.7 Å². The molecular weight excluding hydrogens is 288 g/mol. The molecule has 0 amide bonds. The number of rotatable bonds is 3. The highest BCUT2D eigenvalue weighted by Crippen LogP contribution is 2.31. The predicted octanol–water partition coefficient (Wildman–Crippen LogP) is 4.51. The van der Waals surface area contributed by atoms with Crippen LogP contribution in [0.3, 0.4) is 0 Å². The molecular formula is C17H13ClO3. The van der Waals surface area contributed by atoms with Crippen LogP contribution in [0.5, 0.6) is 5.75 Å². The summed E-state index contributed by atoms with van der Waals surface area (Å²) in [5, 5.41) is 1.14. The summed E-state index contributed by atoms with van der Waals surface area (Å²) in [5.41, 5.74) is 1.13. The fraction of sp³-hybridized carbons (Fsp3) is 0.118. The fourth-order valence-corrected chi connectivity index (χ4v) is 2.32. The van der Waals surface area contributed by atoms with E-state index in [-0.39, 0.29) is 11.2 Å². The van der Waals surface area contributed by atoms with Gasteiger partial charge < -0.3 is 9.15 Å². The van der Waals surface area contributed by atoms with Crippen LogP contribution >= 0.6 is 11.6 Å². The van der Waals surface area contributed by atoms with Crippen LogP contribution in [0, 0.1) is 0 Å². The molecule has 0 atom stereocenters. The van der Waals surface area contributed by atoms with E-state index in [1.54, 1.807) is 42.5 Å². The Morgan fingerprint density at radius 2 is 1.81 bits per heavy atom. The second kappa shape index (κ2) is 5.62. The number of para-hydroxylation sites is 1. The first kappa shape index (κ1) is 13.7. The Kier molecular flexibility index (Phi) is 3.67. The number of hydrogen-bond acceptors (Lipinski definition) is 3. The van der Waals surface area contributed by atoms with Crippen LogP contribution in [-0.2, 0) is 0 Å². The van der Waals surface area contributed by atoms with Crippen molar-refractivity contribution in [3.8, 4) is 17.1 Å². The van der Waals surface area contributed by atoms with Gasteiger partial charge in [-0.2, -0.15) is 0 Å². The van der Waals surface area contributed by atoms with Gasteiger partial charge in [0.1, 0.15) is 5.58 Å². The molecule has 2 aromatic carbocycles.